The van der Waals surface area contributed by atoms with Crippen molar-refractivity contribution < 1.29 is 14.3 Å². The van der Waals surface area contributed by atoms with Gasteiger partial charge in [-0.2, -0.15) is 0 Å². The lowest BCUT2D eigenvalue weighted by Gasteiger charge is -2.19. The van der Waals surface area contributed by atoms with Gasteiger partial charge in [0.15, 0.2) is 0 Å². The number of ether oxygens (including phenoxy) is 1. The summed E-state index contributed by atoms with van der Waals surface area (Å²) >= 11 is 0. The molecule has 1 spiro atoms. The van der Waals surface area contributed by atoms with Gasteiger partial charge >= 0.3 is 6.03 Å². The molecule has 0 aliphatic carbocycles. The van der Waals surface area contributed by atoms with Gasteiger partial charge < -0.3 is 10.1 Å². The minimum atomic E-state index is -0.921. The minimum absolute atomic E-state index is 0.162. The molecule has 0 aromatic heterocycles. The van der Waals surface area contributed by atoms with Gasteiger partial charge in [-0.15, -0.1) is 0 Å². The number of carbonyl (C=O) groups is 2. The average molecular weight is 533 g/mol. The standard InChI is InChI=1S/C34H48N2O3/c1-2-3-4-5-8-13-20-28-22-23-30(31-25-34(26-39-31)32(37)35-33(38)36-34)29(24-28)21-16-10-7-6-9-12-17-27-18-14-11-15-19-27/h11,14-15,18-19,22-24,31H,2-10,12-13,16-17,20-21,25-26H2,1H3,(H2,35,36,37,38). The summed E-state index contributed by atoms with van der Waals surface area (Å²) in [6.45, 7) is 2.50. The number of imide groups is 1. The summed E-state index contributed by atoms with van der Waals surface area (Å²) in [5, 5.41) is 5.21. The number of unbranched alkanes of at least 4 members (excludes halogenated alkanes) is 10. The van der Waals surface area contributed by atoms with Gasteiger partial charge in [0, 0.05) is 6.42 Å². The Labute approximate surface area is 235 Å². The molecule has 2 unspecified atom stereocenters. The molecule has 2 heterocycles. The molecule has 212 valence electrons. The lowest BCUT2D eigenvalue weighted by atomic mass is 9.88. The number of urea groups is 1. The zero-order valence-corrected chi connectivity index (χ0v) is 23.9. The Kier molecular flexibility index (Phi) is 11.4. The second kappa shape index (κ2) is 15.2. The van der Waals surface area contributed by atoms with Crippen molar-refractivity contribution in [2.24, 2.45) is 0 Å². The third-order valence-corrected chi connectivity index (χ3v) is 8.46. The third-order valence-electron chi connectivity index (χ3n) is 8.46. The smallest absolute Gasteiger partial charge is 0.322 e. The number of hydrogen-bond donors (Lipinski definition) is 2. The maximum absolute atomic E-state index is 12.5. The minimum Gasteiger partial charge on any atom is -0.370 e. The van der Waals surface area contributed by atoms with Crippen LogP contribution < -0.4 is 10.6 Å². The van der Waals surface area contributed by atoms with Crippen LogP contribution in [0.2, 0.25) is 0 Å². The summed E-state index contributed by atoms with van der Waals surface area (Å²) in [5.41, 5.74) is 4.47. The fourth-order valence-electron chi connectivity index (χ4n) is 6.10. The van der Waals surface area contributed by atoms with Crippen molar-refractivity contribution in [2.75, 3.05) is 6.61 Å². The fraction of sp³-hybridized carbons (Fsp3) is 0.588. The van der Waals surface area contributed by atoms with Gasteiger partial charge in [0.1, 0.15) is 5.54 Å². The average Bonchev–Trinajstić information content (AvgIpc) is 3.49. The zero-order chi connectivity index (χ0) is 27.3. The van der Waals surface area contributed by atoms with Crippen molar-refractivity contribution in [3.8, 4) is 0 Å². The molecule has 4 rings (SSSR count). The topological polar surface area (TPSA) is 67.4 Å². The molecule has 2 fully saturated rings. The van der Waals surface area contributed by atoms with E-state index in [-0.39, 0.29) is 18.6 Å². The van der Waals surface area contributed by atoms with Gasteiger partial charge in [-0.05, 0) is 60.8 Å². The molecule has 0 bridgehead atoms. The highest BCUT2D eigenvalue weighted by Gasteiger charge is 2.52. The van der Waals surface area contributed by atoms with Crippen LogP contribution in [0.1, 0.15) is 119 Å². The zero-order valence-electron chi connectivity index (χ0n) is 23.9. The highest BCUT2D eigenvalue weighted by molar-refractivity contribution is 6.07. The van der Waals surface area contributed by atoms with Gasteiger partial charge in [-0.25, -0.2) is 4.79 Å². The summed E-state index contributed by atoms with van der Waals surface area (Å²) in [6.07, 6.45) is 19.0. The van der Waals surface area contributed by atoms with Gasteiger partial charge in [0.2, 0.25) is 0 Å². The molecule has 5 nitrogen and oxygen atoms in total. The fourth-order valence-corrected chi connectivity index (χ4v) is 6.10. The quantitative estimate of drug-likeness (QED) is 0.162. The number of aryl methyl sites for hydroxylation is 3. The van der Waals surface area contributed by atoms with Crippen molar-refractivity contribution in [2.45, 2.75) is 121 Å². The second-order valence-corrected chi connectivity index (χ2v) is 11.7. The Morgan fingerprint density at radius 1 is 0.769 bits per heavy atom. The highest BCUT2D eigenvalue weighted by Crippen LogP contribution is 2.39. The van der Waals surface area contributed by atoms with E-state index in [4.69, 9.17) is 4.74 Å². The maximum Gasteiger partial charge on any atom is 0.322 e. The summed E-state index contributed by atoms with van der Waals surface area (Å²) in [4.78, 5) is 24.3. The van der Waals surface area contributed by atoms with E-state index in [1.807, 2.05) is 0 Å². The molecule has 39 heavy (non-hydrogen) atoms. The van der Waals surface area contributed by atoms with Crippen LogP contribution in [0.15, 0.2) is 48.5 Å². The Balaban J connectivity index is 1.28. The van der Waals surface area contributed by atoms with Crippen LogP contribution in [0.25, 0.3) is 0 Å². The molecule has 2 aliphatic rings. The van der Waals surface area contributed by atoms with Crippen molar-refractivity contribution in [1.29, 1.82) is 0 Å². The second-order valence-electron chi connectivity index (χ2n) is 11.7. The summed E-state index contributed by atoms with van der Waals surface area (Å²) in [7, 11) is 0. The predicted octanol–water partition coefficient (Wildman–Crippen LogP) is 7.76. The van der Waals surface area contributed by atoms with E-state index < -0.39 is 11.6 Å². The van der Waals surface area contributed by atoms with E-state index in [0.29, 0.717) is 6.42 Å². The van der Waals surface area contributed by atoms with Crippen molar-refractivity contribution in [3.05, 3.63) is 70.8 Å². The predicted molar refractivity (Wildman–Crippen MR) is 158 cm³/mol. The van der Waals surface area contributed by atoms with E-state index in [1.165, 1.54) is 106 Å². The molecule has 0 saturated carbocycles. The van der Waals surface area contributed by atoms with Crippen LogP contribution in [0, 0.1) is 0 Å². The van der Waals surface area contributed by atoms with Gasteiger partial charge in [0.05, 0.1) is 12.7 Å². The van der Waals surface area contributed by atoms with Crippen LogP contribution >= 0.6 is 0 Å². The van der Waals surface area contributed by atoms with Gasteiger partial charge in [-0.3, -0.25) is 10.1 Å². The van der Waals surface area contributed by atoms with Crippen molar-refractivity contribution in [3.63, 3.8) is 0 Å². The molecule has 0 radical (unpaired) electrons. The van der Waals surface area contributed by atoms with Crippen LogP contribution in [0.3, 0.4) is 0 Å². The summed E-state index contributed by atoms with van der Waals surface area (Å²) in [6, 6.07) is 17.2. The van der Waals surface area contributed by atoms with E-state index in [2.05, 4.69) is 66.1 Å². The van der Waals surface area contributed by atoms with E-state index in [1.54, 1.807) is 0 Å². The number of hydrogen-bond acceptors (Lipinski definition) is 3. The largest absolute Gasteiger partial charge is 0.370 e. The van der Waals surface area contributed by atoms with E-state index >= 15 is 0 Å². The molecule has 3 amide bonds. The van der Waals surface area contributed by atoms with Gasteiger partial charge in [-0.1, -0.05) is 113 Å². The van der Waals surface area contributed by atoms with Crippen LogP contribution in [0.5, 0.6) is 0 Å². The first-order chi connectivity index (χ1) is 19.1. The molecule has 2 atom stereocenters. The number of nitrogens with one attached hydrogen (secondary N) is 2. The molecule has 5 heteroatoms. The van der Waals surface area contributed by atoms with E-state index in [9.17, 15) is 9.59 Å². The Morgan fingerprint density at radius 3 is 2.08 bits per heavy atom. The molecular weight excluding hydrogens is 484 g/mol. The first kappa shape index (κ1) is 29.3. The summed E-state index contributed by atoms with van der Waals surface area (Å²) in [5.74, 6) is -0.261. The molecule has 2 aromatic rings. The Hall–Kier alpha value is -2.66. The maximum atomic E-state index is 12.5. The van der Waals surface area contributed by atoms with E-state index in [0.717, 1.165) is 12.8 Å². The van der Waals surface area contributed by atoms with Crippen molar-refractivity contribution in [1.82, 2.24) is 10.6 Å². The third kappa shape index (κ3) is 8.66. The van der Waals surface area contributed by atoms with Crippen molar-refractivity contribution >= 4 is 11.9 Å². The Bertz CT molecular complexity index is 1050. The lowest BCUT2D eigenvalue weighted by molar-refractivity contribution is -0.123. The number of benzene rings is 2. The SMILES string of the molecule is CCCCCCCCc1ccc(C2CC3(CO2)NC(=O)NC3=O)c(CCCCCCCCc2ccccc2)c1. The highest BCUT2D eigenvalue weighted by atomic mass is 16.5. The first-order valence-corrected chi connectivity index (χ1v) is 15.5. The molecule has 2 saturated heterocycles. The molecule has 2 aliphatic heterocycles. The molecule has 2 N–H and O–H groups in total. The Morgan fingerprint density at radius 2 is 1.41 bits per heavy atom. The lowest BCUT2D eigenvalue weighted by Crippen LogP contribution is -2.47. The number of carbonyl (C=O) groups excluding carboxylic acids is 2. The van der Waals surface area contributed by atoms with Crippen LogP contribution in [0.4, 0.5) is 4.79 Å². The number of rotatable bonds is 17. The molecular formula is C34H48N2O3. The van der Waals surface area contributed by atoms with Gasteiger partial charge in [0.25, 0.3) is 5.91 Å². The monoisotopic (exact) mass is 532 g/mol. The normalized spacial score (nSPS) is 20.5. The first-order valence-electron chi connectivity index (χ1n) is 15.5. The molecule has 2 aromatic carbocycles. The number of amides is 3. The van der Waals surface area contributed by atoms with Crippen LogP contribution in [-0.2, 0) is 28.8 Å². The van der Waals surface area contributed by atoms with Crippen LogP contribution in [-0.4, -0.2) is 24.1 Å². The summed E-state index contributed by atoms with van der Waals surface area (Å²) < 4.78 is 6.14.